The predicted molar refractivity (Wildman–Crippen MR) is 75.1 cm³/mol. The fourth-order valence-electron chi connectivity index (χ4n) is 1.24. The number of methoxy groups -OCH3 is 1. The van der Waals surface area contributed by atoms with Gasteiger partial charge in [-0.05, 0) is 13.8 Å². The lowest BCUT2D eigenvalue weighted by Crippen LogP contribution is -2.36. The lowest BCUT2D eigenvalue weighted by atomic mass is 10.1. The van der Waals surface area contributed by atoms with Crippen LogP contribution in [-0.2, 0) is 19.1 Å². The maximum atomic E-state index is 11.5. The summed E-state index contributed by atoms with van der Waals surface area (Å²) < 4.78 is 10.0. The minimum atomic E-state index is -0.366. The van der Waals surface area contributed by atoms with Gasteiger partial charge >= 0.3 is 5.97 Å². The quantitative estimate of drug-likeness (QED) is 0.636. The zero-order valence-corrected chi connectivity index (χ0v) is 12.8. The molecule has 3 N–H and O–H groups in total. The summed E-state index contributed by atoms with van der Waals surface area (Å²) in [5.41, 5.74) is 5.41. The van der Waals surface area contributed by atoms with Gasteiger partial charge in [-0.2, -0.15) is 0 Å². The molecule has 0 radical (unpaired) electrons. The van der Waals surface area contributed by atoms with E-state index in [2.05, 4.69) is 5.32 Å². The van der Waals surface area contributed by atoms with Gasteiger partial charge in [0.25, 0.3) is 0 Å². The Kier molecular flexibility index (Phi) is 11.9. The molecule has 1 amide bonds. The normalized spacial score (nSPS) is 13.4. The van der Waals surface area contributed by atoms with Gasteiger partial charge in [-0.15, -0.1) is 12.4 Å². The minimum Gasteiger partial charge on any atom is -0.463 e. The highest BCUT2D eigenvalue weighted by atomic mass is 35.5. The Bertz CT molecular complexity index is 270. The SMILES string of the molecule is COC(CN)CC(=O)NCC(C)C(=O)OC(C)C.Cl. The van der Waals surface area contributed by atoms with Crippen molar-refractivity contribution >= 4 is 24.3 Å². The summed E-state index contributed by atoms with van der Waals surface area (Å²) in [5.74, 6) is -0.862. The van der Waals surface area contributed by atoms with Crippen molar-refractivity contribution in [3.8, 4) is 0 Å². The summed E-state index contributed by atoms with van der Waals surface area (Å²) in [6.07, 6.45) is -0.243. The topological polar surface area (TPSA) is 90.6 Å². The first-order chi connectivity index (χ1) is 8.40. The number of hydrogen-bond acceptors (Lipinski definition) is 5. The molecule has 0 aromatic carbocycles. The maximum Gasteiger partial charge on any atom is 0.310 e. The number of halogens is 1. The van der Waals surface area contributed by atoms with E-state index in [1.54, 1.807) is 20.8 Å². The smallest absolute Gasteiger partial charge is 0.310 e. The Labute approximate surface area is 120 Å². The first-order valence-electron chi connectivity index (χ1n) is 6.10. The molecule has 7 heteroatoms. The van der Waals surface area contributed by atoms with Crippen molar-refractivity contribution in [2.45, 2.75) is 39.4 Å². The van der Waals surface area contributed by atoms with E-state index in [9.17, 15) is 9.59 Å². The molecule has 0 aliphatic carbocycles. The van der Waals surface area contributed by atoms with E-state index in [0.717, 1.165) is 0 Å². The van der Waals surface area contributed by atoms with Crippen LogP contribution in [0, 0.1) is 5.92 Å². The van der Waals surface area contributed by atoms with Crippen LogP contribution in [0.4, 0.5) is 0 Å². The fourth-order valence-corrected chi connectivity index (χ4v) is 1.24. The fraction of sp³-hybridized carbons (Fsp3) is 0.833. The van der Waals surface area contributed by atoms with Crippen LogP contribution in [0.25, 0.3) is 0 Å². The van der Waals surface area contributed by atoms with Gasteiger partial charge in [0.2, 0.25) is 5.91 Å². The second-order valence-electron chi connectivity index (χ2n) is 4.49. The maximum absolute atomic E-state index is 11.5. The van der Waals surface area contributed by atoms with Crippen LogP contribution in [-0.4, -0.2) is 44.3 Å². The summed E-state index contributed by atoms with van der Waals surface area (Å²) in [7, 11) is 1.51. The molecule has 0 aliphatic heterocycles. The van der Waals surface area contributed by atoms with E-state index in [4.69, 9.17) is 15.2 Å². The minimum absolute atomic E-state index is 0. The van der Waals surface area contributed by atoms with Crippen molar-refractivity contribution in [3.63, 3.8) is 0 Å². The van der Waals surface area contributed by atoms with Crippen molar-refractivity contribution in [2.75, 3.05) is 20.2 Å². The zero-order valence-electron chi connectivity index (χ0n) is 12.0. The summed E-state index contributed by atoms with van der Waals surface area (Å²) in [6, 6.07) is 0. The monoisotopic (exact) mass is 296 g/mol. The predicted octanol–water partition coefficient (Wildman–Crippen LogP) is 0.476. The largest absolute Gasteiger partial charge is 0.463 e. The average Bonchev–Trinajstić information content (AvgIpc) is 2.31. The molecule has 0 saturated heterocycles. The number of ether oxygens (including phenoxy) is 2. The van der Waals surface area contributed by atoms with Crippen LogP contribution in [0.15, 0.2) is 0 Å². The molecule has 0 saturated carbocycles. The Balaban J connectivity index is 0. The standard InChI is InChI=1S/C12H24N2O4.ClH/c1-8(2)18-12(16)9(3)7-14-11(15)5-10(6-13)17-4;/h8-10H,5-7,13H2,1-4H3,(H,14,15);1H. The molecule has 0 aromatic rings. The number of nitrogens with two attached hydrogens (primary N) is 1. The van der Waals surface area contributed by atoms with E-state index in [-0.39, 0.29) is 61.9 Å². The van der Waals surface area contributed by atoms with Crippen molar-refractivity contribution in [1.29, 1.82) is 0 Å². The molecule has 0 rings (SSSR count). The van der Waals surface area contributed by atoms with Crippen molar-refractivity contribution < 1.29 is 19.1 Å². The number of rotatable bonds is 8. The lowest BCUT2D eigenvalue weighted by Gasteiger charge is -2.16. The van der Waals surface area contributed by atoms with E-state index in [1.165, 1.54) is 7.11 Å². The highest BCUT2D eigenvalue weighted by Crippen LogP contribution is 2.01. The van der Waals surface area contributed by atoms with E-state index < -0.39 is 0 Å². The van der Waals surface area contributed by atoms with Crippen molar-refractivity contribution in [2.24, 2.45) is 11.7 Å². The Morgan fingerprint density at radius 2 is 1.84 bits per heavy atom. The van der Waals surface area contributed by atoms with Gasteiger partial charge in [-0.3, -0.25) is 9.59 Å². The number of hydrogen-bond donors (Lipinski definition) is 2. The van der Waals surface area contributed by atoms with Gasteiger partial charge in [0, 0.05) is 20.2 Å². The average molecular weight is 297 g/mol. The zero-order chi connectivity index (χ0) is 14.1. The molecule has 2 atom stereocenters. The Morgan fingerprint density at radius 1 is 1.26 bits per heavy atom. The first-order valence-corrected chi connectivity index (χ1v) is 6.10. The summed E-state index contributed by atoms with van der Waals surface area (Å²) in [4.78, 5) is 23.0. The van der Waals surface area contributed by atoms with Gasteiger partial charge in [-0.1, -0.05) is 6.92 Å². The van der Waals surface area contributed by atoms with Crippen LogP contribution in [0.5, 0.6) is 0 Å². The van der Waals surface area contributed by atoms with Crippen LogP contribution in [0.2, 0.25) is 0 Å². The third-order valence-corrected chi connectivity index (χ3v) is 2.37. The molecule has 114 valence electrons. The Hall–Kier alpha value is -0.850. The molecule has 0 heterocycles. The first kappa shape index (κ1) is 20.5. The van der Waals surface area contributed by atoms with E-state index in [1.807, 2.05) is 0 Å². The van der Waals surface area contributed by atoms with Gasteiger partial charge in [0.05, 0.1) is 24.5 Å². The molecule has 0 spiro atoms. The second kappa shape index (κ2) is 11.0. The van der Waals surface area contributed by atoms with Crippen LogP contribution >= 0.6 is 12.4 Å². The Morgan fingerprint density at radius 3 is 2.26 bits per heavy atom. The van der Waals surface area contributed by atoms with Gasteiger partial charge in [-0.25, -0.2) is 0 Å². The number of carbonyl (C=O) groups excluding carboxylic acids is 2. The van der Waals surface area contributed by atoms with Crippen LogP contribution in [0.1, 0.15) is 27.2 Å². The van der Waals surface area contributed by atoms with E-state index >= 15 is 0 Å². The third-order valence-electron chi connectivity index (χ3n) is 2.37. The van der Waals surface area contributed by atoms with Crippen LogP contribution in [0.3, 0.4) is 0 Å². The molecule has 0 bridgehead atoms. The highest BCUT2D eigenvalue weighted by molar-refractivity contribution is 5.85. The highest BCUT2D eigenvalue weighted by Gasteiger charge is 2.17. The molecule has 0 aromatic heterocycles. The molecule has 2 unspecified atom stereocenters. The lowest BCUT2D eigenvalue weighted by molar-refractivity contribution is -0.151. The van der Waals surface area contributed by atoms with Crippen molar-refractivity contribution in [1.82, 2.24) is 5.32 Å². The van der Waals surface area contributed by atoms with Gasteiger partial charge in [0.15, 0.2) is 0 Å². The molecular weight excluding hydrogens is 272 g/mol. The number of amides is 1. The summed E-state index contributed by atoms with van der Waals surface area (Å²) in [6.45, 7) is 5.82. The molecule has 19 heavy (non-hydrogen) atoms. The molecule has 6 nitrogen and oxygen atoms in total. The number of esters is 1. The number of carbonyl (C=O) groups is 2. The third kappa shape index (κ3) is 9.69. The van der Waals surface area contributed by atoms with Crippen molar-refractivity contribution in [3.05, 3.63) is 0 Å². The van der Waals surface area contributed by atoms with Crippen LogP contribution < -0.4 is 11.1 Å². The molecular formula is C12H25ClN2O4. The molecule has 0 aliphatic rings. The number of nitrogens with one attached hydrogen (secondary N) is 1. The van der Waals surface area contributed by atoms with Gasteiger partial charge < -0.3 is 20.5 Å². The summed E-state index contributed by atoms with van der Waals surface area (Å²) >= 11 is 0. The molecule has 0 fully saturated rings. The van der Waals surface area contributed by atoms with E-state index in [0.29, 0.717) is 0 Å². The summed E-state index contributed by atoms with van der Waals surface area (Å²) in [5, 5.41) is 2.66. The van der Waals surface area contributed by atoms with Gasteiger partial charge in [0.1, 0.15) is 0 Å². The second-order valence-corrected chi connectivity index (χ2v) is 4.49.